The maximum absolute atomic E-state index is 10.5. The van der Waals surface area contributed by atoms with Gasteiger partial charge in [0.05, 0.1) is 0 Å². The Morgan fingerprint density at radius 2 is 2.06 bits per heavy atom. The van der Waals surface area contributed by atoms with Crippen molar-refractivity contribution in [3.8, 4) is 0 Å². The monoisotopic (exact) mass is 220 g/mol. The molecule has 0 radical (unpaired) electrons. The van der Waals surface area contributed by atoms with Crippen LogP contribution < -0.4 is 11.1 Å². The Hall–Kier alpha value is -1.55. The lowest BCUT2D eigenvalue weighted by atomic mass is 9.89. The average molecular weight is 220 g/mol. The van der Waals surface area contributed by atoms with Gasteiger partial charge in [-0.3, -0.25) is 0 Å². The molecular formula is C12H16N2O2. The van der Waals surface area contributed by atoms with E-state index in [9.17, 15) is 4.79 Å². The topological polar surface area (TPSA) is 64.4 Å². The second-order valence-corrected chi connectivity index (χ2v) is 4.09. The molecule has 1 aromatic carbocycles. The van der Waals surface area contributed by atoms with Gasteiger partial charge >= 0.3 is 6.09 Å². The molecule has 3 N–H and O–H groups in total. The van der Waals surface area contributed by atoms with E-state index >= 15 is 0 Å². The summed E-state index contributed by atoms with van der Waals surface area (Å²) in [5.74, 6) is 0. The van der Waals surface area contributed by atoms with Gasteiger partial charge in [0, 0.05) is 12.6 Å². The van der Waals surface area contributed by atoms with Crippen molar-refractivity contribution in [3.63, 3.8) is 0 Å². The maximum atomic E-state index is 10.5. The summed E-state index contributed by atoms with van der Waals surface area (Å²) in [6.07, 6.45) is 1.04. The summed E-state index contributed by atoms with van der Waals surface area (Å²) < 4.78 is 4.87. The fourth-order valence-electron chi connectivity index (χ4n) is 1.85. The van der Waals surface area contributed by atoms with Crippen LogP contribution in [0.2, 0.25) is 0 Å². The second-order valence-electron chi connectivity index (χ2n) is 4.09. The molecule has 4 nitrogen and oxygen atoms in total. The normalized spacial score (nSPS) is 23.5. The minimum absolute atomic E-state index is 0.00535. The predicted octanol–water partition coefficient (Wildman–Crippen LogP) is 1.40. The number of amides is 1. The van der Waals surface area contributed by atoms with Gasteiger partial charge in [-0.1, -0.05) is 30.3 Å². The molecule has 0 aromatic heterocycles. The van der Waals surface area contributed by atoms with E-state index < -0.39 is 6.09 Å². The summed E-state index contributed by atoms with van der Waals surface area (Å²) in [5, 5.41) is 3.41. The first kappa shape index (κ1) is 11.0. The van der Waals surface area contributed by atoms with E-state index in [1.165, 1.54) is 5.56 Å². The summed E-state index contributed by atoms with van der Waals surface area (Å²) in [4.78, 5) is 10.5. The number of hydrogen-bond donors (Lipinski definition) is 2. The zero-order valence-corrected chi connectivity index (χ0v) is 9.06. The first-order valence-electron chi connectivity index (χ1n) is 5.47. The van der Waals surface area contributed by atoms with Crippen LogP contribution in [-0.4, -0.2) is 18.2 Å². The molecule has 0 atom stereocenters. The standard InChI is InChI=1S/C12H16N2O2/c13-12(15)16-11-6-10(7-11)14-8-9-4-2-1-3-5-9/h1-5,10-11,14H,6-8H2,(H2,13,15). The van der Waals surface area contributed by atoms with E-state index in [4.69, 9.17) is 10.5 Å². The molecule has 1 amide bonds. The van der Waals surface area contributed by atoms with E-state index in [0.29, 0.717) is 6.04 Å². The largest absolute Gasteiger partial charge is 0.446 e. The van der Waals surface area contributed by atoms with Crippen molar-refractivity contribution in [1.82, 2.24) is 5.32 Å². The minimum atomic E-state index is -0.675. The number of hydrogen-bond acceptors (Lipinski definition) is 3. The van der Waals surface area contributed by atoms with Crippen LogP contribution in [0, 0.1) is 0 Å². The van der Waals surface area contributed by atoms with E-state index in [1.807, 2.05) is 18.2 Å². The quantitative estimate of drug-likeness (QED) is 0.806. The molecule has 1 saturated carbocycles. The third kappa shape index (κ3) is 2.97. The Balaban J connectivity index is 1.65. The van der Waals surface area contributed by atoms with Crippen LogP contribution in [0.4, 0.5) is 4.79 Å². The number of nitrogens with one attached hydrogen (secondary N) is 1. The van der Waals surface area contributed by atoms with Gasteiger partial charge < -0.3 is 15.8 Å². The summed E-state index contributed by atoms with van der Waals surface area (Å²) in [6, 6.07) is 10.7. The van der Waals surface area contributed by atoms with Crippen LogP contribution in [0.25, 0.3) is 0 Å². The lowest BCUT2D eigenvalue weighted by Gasteiger charge is -2.34. The van der Waals surface area contributed by atoms with Crippen molar-refractivity contribution in [2.24, 2.45) is 5.73 Å². The predicted molar refractivity (Wildman–Crippen MR) is 60.8 cm³/mol. The van der Waals surface area contributed by atoms with Gasteiger partial charge in [0.2, 0.25) is 0 Å². The first-order valence-corrected chi connectivity index (χ1v) is 5.47. The molecule has 4 heteroatoms. The maximum Gasteiger partial charge on any atom is 0.404 e. The molecule has 2 rings (SSSR count). The number of ether oxygens (including phenoxy) is 1. The first-order chi connectivity index (χ1) is 7.74. The third-order valence-electron chi connectivity index (χ3n) is 2.82. The molecule has 86 valence electrons. The smallest absolute Gasteiger partial charge is 0.404 e. The number of primary amides is 1. The van der Waals surface area contributed by atoms with Crippen LogP contribution in [0.3, 0.4) is 0 Å². The van der Waals surface area contributed by atoms with Gasteiger partial charge in [-0.15, -0.1) is 0 Å². The van der Waals surface area contributed by atoms with Gasteiger partial charge in [0.15, 0.2) is 0 Å². The van der Waals surface area contributed by atoms with Crippen molar-refractivity contribution in [1.29, 1.82) is 0 Å². The van der Waals surface area contributed by atoms with Crippen LogP contribution >= 0.6 is 0 Å². The van der Waals surface area contributed by atoms with Crippen LogP contribution in [0.1, 0.15) is 18.4 Å². The Kier molecular flexibility index (Phi) is 3.41. The van der Waals surface area contributed by atoms with Gasteiger partial charge in [-0.05, 0) is 18.4 Å². The zero-order valence-electron chi connectivity index (χ0n) is 9.06. The highest BCUT2D eigenvalue weighted by Crippen LogP contribution is 2.23. The van der Waals surface area contributed by atoms with E-state index in [1.54, 1.807) is 0 Å². The molecule has 0 unspecified atom stereocenters. The van der Waals surface area contributed by atoms with Crippen molar-refractivity contribution >= 4 is 6.09 Å². The Morgan fingerprint density at radius 1 is 1.38 bits per heavy atom. The van der Waals surface area contributed by atoms with Crippen LogP contribution in [0.15, 0.2) is 30.3 Å². The fraction of sp³-hybridized carbons (Fsp3) is 0.417. The molecule has 1 fully saturated rings. The van der Waals surface area contributed by atoms with Crippen LogP contribution in [0.5, 0.6) is 0 Å². The third-order valence-corrected chi connectivity index (χ3v) is 2.82. The number of benzene rings is 1. The molecule has 1 aromatic rings. The summed E-state index contributed by atoms with van der Waals surface area (Å²) in [6.45, 7) is 0.856. The Bertz CT molecular complexity index is 347. The Morgan fingerprint density at radius 3 is 2.69 bits per heavy atom. The lowest BCUT2D eigenvalue weighted by molar-refractivity contribution is 0.0370. The van der Waals surface area contributed by atoms with Gasteiger partial charge in [0.1, 0.15) is 6.10 Å². The summed E-state index contributed by atoms with van der Waals surface area (Å²) >= 11 is 0. The molecule has 16 heavy (non-hydrogen) atoms. The lowest BCUT2D eigenvalue weighted by Crippen LogP contribution is -2.46. The summed E-state index contributed by atoms with van der Waals surface area (Å²) in [7, 11) is 0. The number of carbonyl (C=O) groups is 1. The SMILES string of the molecule is NC(=O)OC1CC(NCc2ccccc2)C1. The van der Waals surface area contributed by atoms with Crippen molar-refractivity contribution in [2.75, 3.05) is 0 Å². The molecule has 1 aliphatic rings. The highest BCUT2D eigenvalue weighted by Gasteiger charge is 2.31. The zero-order chi connectivity index (χ0) is 11.4. The van der Waals surface area contributed by atoms with Crippen molar-refractivity contribution in [3.05, 3.63) is 35.9 Å². The number of rotatable bonds is 4. The summed E-state index contributed by atoms with van der Waals surface area (Å²) in [5.41, 5.74) is 6.20. The van der Waals surface area contributed by atoms with Gasteiger partial charge in [-0.2, -0.15) is 0 Å². The number of carbonyl (C=O) groups excluding carboxylic acids is 1. The van der Waals surface area contributed by atoms with Crippen molar-refractivity contribution < 1.29 is 9.53 Å². The van der Waals surface area contributed by atoms with Gasteiger partial charge in [0.25, 0.3) is 0 Å². The second kappa shape index (κ2) is 4.99. The highest BCUT2D eigenvalue weighted by molar-refractivity contribution is 5.64. The molecular weight excluding hydrogens is 204 g/mol. The van der Waals surface area contributed by atoms with Gasteiger partial charge in [-0.25, -0.2) is 4.79 Å². The molecule has 1 aliphatic carbocycles. The fourth-order valence-corrected chi connectivity index (χ4v) is 1.85. The molecule has 0 aliphatic heterocycles. The number of nitrogens with two attached hydrogens (primary N) is 1. The molecule has 0 spiro atoms. The van der Waals surface area contributed by atoms with Crippen molar-refractivity contribution in [2.45, 2.75) is 31.5 Å². The Labute approximate surface area is 94.8 Å². The highest BCUT2D eigenvalue weighted by atomic mass is 16.6. The minimum Gasteiger partial charge on any atom is -0.446 e. The van der Waals surface area contributed by atoms with E-state index in [0.717, 1.165) is 19.4 Å². The molecule has 0 bridgehead atoms. The van der Waals surface area contributed by atoms with E-state index in [2.05, 4.69) is 17.4 Å². The molecule has 0 heterocycles. The average Bonchev–Trinajstić information content (AvgIpc) is 2.22. The van der Waals surface area contributed by atoms with Crippen LogP contribution in [-0.2, 0) is 11.3 Å². The van der Waals surface area contributed by atoms with E-state index in [-0.39, 0.29) is 6.10 Å². The molecule has 0 saturated heterocycles.